The van der Waals surface area contributed by atoms with Crippen molar-refractivity contribution in [3.63, 3.8) is 0 Å². The molecule has 1 aromatic carbocycles. The van der Waals surface area contributed by atoms with E-state index in [4.69, 9.17) is 0 Å². The van der Waals surface area contributed by atoms with E-state index in [1.54, 1.807) is 24.0 Å². The Morgan fingerprint density at radius 1 is 1.35 bits per heavy atom. The van der Waals surface area contributed by atoms with E-state index in [9.17, 15) is 14.0 Å². The van der Waals surface area contributed by atoms with Gasteiger partial charge in [0.15, 0.2) is 0 Å². The first kappa shape index (κ1) is 15.7. The van der Waals surface area contributed by atoms with Crippen LogP contribution in [0.15, 0.2) is 30.3 Å². The van der Waals surface area contributed by atoms with E-state index in [1.165, 1.54) is 23.5 Å². The fourth-order valence-electron chi connectivity index (χ4n) is 2.70. The molecule has 0 saturated carbocycles. The molecule has 3 rings (SSSR count). The first-order valence-electron chi connectivity index (χ1n) is 7.42. The monoisotopic (exact) mass is 332 g/mol. The molecule has 4 nitrogen and oxygen atoms in total. The first-order chi connectivity index (χ1) is 11.0. The maximum Gasteiger partial charge on any atom is 0.264 e. The molecular formula is C17H17FN2O2S. The van der Waals surface area contributed by atoms with Crippen LogP contribution < -0.4 is 5.32 Å². The van der Waals surface area contributed by atoms with Crippen LogP contribution in [-0.2, 0) is 4.79 Å². The summed E-state index contributed by atoms with van der Waals surface area (Å²) in [4.78, 5) is 27.6. The molecule has 1 N–H and O–H groups in total. The number of thiophene rings is 1. The summed E-state index contributed by atoms with van der Waals surface area (Å²) < 4.78 is 13.1. The minimum atomic E-state index is -0.465. The van der Waals surface area contributed by atoms with E-state index in [2.05, 4.69) is 5.32 Å². The van der Waals surface area contributed by atoms with Gasteiger partial charge in [0.1, 0.15) is 11.9 Å². The zero-order valence-corrected chi connectivity index (χ0v) is 13.7. The number of halogens is 1. The van der Waals surface area contributed by atoms with Gasteiger partial charge in [-0.15, -0.1) is 11.3 Å². The summed E-state index contributed by atoms with van der Waals surface area (Å²) in [6.45, 7) is 4.65. The minimum Gasteiger partial charge on any atom is -0.353 e. The molecule has 1 atom stereocenters. The second kappa shape index (κ2) is 6.12. The standard InChI is InChI=1S/C17H17FN2O2S/c1-10-16(21)19-7-8-20(10)17(22)15-9-14(11(2)23-15)12-3-5-13(18)6-4-12/h3-6,9-10H,7-8H2,1-2H3,(H,19,21). The van der Waals surface area contributed by atoms with Crippen LogP contribution in [0.4, 0.5) is 4.39 Å². The van der Waals surface area contributed by atoms with Gasteiger partial charge in [0.05, 0.1) is 4.88 Å². The van der Waals surface area contributed by atoms with E-state index < -0.39 is 6.04 Å². The maximum absolute atomic E-state index is 13.1. The third kappa shape index (κ3) is 2.99. The summed E-state index contributed by atoms with van der Waals surface area (Å²) in [7, 11) is 0. The quantitative estimate of drug-likeness (QED) is 0.919. The number of aryl methyl sites for hydroxylation is 1. The molecular weight excluding hydrogens is 315 g/mol. The lowest BCUT2D eigenvalue weighted by molar-refractivity contribution is -0.127. The van der Waals surface area contributed by atoms with Crippen LogP contribution in [0.1, 0.15) is 21.5 Å². The predicted molar refractivity (Wildman–Crippen MR) is 88.0 cm³/mol. The molecule has 6 heteroatoms. The third-order valence-electron chi connectivity index (χ3n) is 4.04. The van der Waals surface area contributed by atoms with Crippen molar-refractivity contribution in [1.82, 2.24) is 10.2 Å². The molecule has 1 aromatic heterocycles. The van der Waals surface area contributed by atoms with Crippen molar-refractivity contribution in [3.8, 4) is 11.1 Å². The molecule has 2 amide bonds. The number of nitrogens with zero attached hydrogens (tertiary/aromatic N) is 1. The van der Waals surface area contributed by atoms with Crippen LogP contribution >= 0.6 is 11.3 Å². The Hall–Kier alpha value is -2.21. The SMILES string of the molecule is Cc1sc(C(=O)N2CCNC(=O)C2C)cc1-c1ccc(F)cc1. The Morgan fingerprint density at radius 3 is 2.74 bits per heavy atom. The smallest absolute Gasteiger partial charge is 0.264 e. The second-order valence-electron chi connectivity index (χ2n) is 5.55. The van der Waals surface area contributed by atoms with Gasteiger partial charge in [-0.05, 0) is 43.2 Å². The van der Waals surface area contributed by atoms with Gasteiger partial charge < -0.3 is 10.2 Å². The number of piperazine rings is 1. The van der Waals surface area contributed by atoms with Crippen LogP contribution in [0.25, 0.3) is 11.1 Å². The number of hydrogen-bond acceptors (Lipinski definition) is 3. The average Bonchev–Trinajstić information content (AvgIpc) is 2.92. The number of amides is 2. The van der Waals surface area contributed by atoms with Crippen molar-refractivity contribution in [2.24, 2.45) is 0 Å². The Bertz CT molecular complexity index is 754. The van der Waals surface area contributed by atoms with E-state index in [0.29, 0.717) is 18.0 Å². The highest BCUT2D eigenvalue weighted by atomic mass is 32.1. The van der Waals surface area contributed by atoms with Gasteiger partial charge in [-0.3, -0.25) is 9.59 Å². The van der Waals surface area contributed by atoms with Gasteiger partial charge in [-0.25, -0.2) is 4.39 Å². The normalized spacial score (nSPS) is 18.0. The number of carbonyl (C=O) groups is 2. The Balaban J connectivity index is 1.89. The van der Waals surface area contributed by atoms with Crippen molar-refractivity contribution in [2.45, 2.75) is 19.9 Å². The van der Waals surface area contributed by atoms with Crippen molar-refractivity contribution in [2.75, 3.05) is 13.1 Å². The molecule has 1 aliphatic heterocycles. The van der Waals surface area contributed by atoms with Crippen molar-refractivity contribution in [1.29, 1.82) is 0 Å². The fraction of sp³-hybridized carbons (Fsp3) is 0.294. The van der Waals surface area contributed by atoms with Crippen molar-refractivity contribution < 1.29 is 14.0 Å². The summed E-state index contributed by atoms with van der Waals surface area (Å²) in [6.07, 6.45) is 0. The van der Waals surface area contributed by atoms with Gasteiger partial charge in [0, 0.05) is 18.0 Å². The zero-order chi connectivity index (χ0) is 16.6. The number of nitrogens with one attached hydrogen (secondary N) is 1. The molecule has 1 aliphatic rings. The van der Waals surface area contributed by atoms with E-state index in [0.717, 1.165) is 16.0 Å². The fourth-order valence-corrected chi connectivity index (χ4v) is 3.70. The molecule has 1 unspecified atom stereocenters. The van der Waals surface area contributed by atoms with Crippen molar-refractivity contribution >= 4 is 23.2 Å². The van der Waals surface area contributed by atoms with Gasteiger partial charge >= 0.3 is 0 Å². The third-order valence-corrected chi connectivity index (χ3v) is 5.08. The Morgan fingerprint density at radius 2 is 2.04 bits per heavy atom. The highest BCUT2D eigenvalue weighted by Crippen LogP contribution is 2.32. The summed E-state index contributed by atoms with van der Waals surface area (Å²) >= 11 is 1.40. The molecule has 120 valence electrons. The molecule has 0 aliphatic carbocycles. The Labute approximate surface area is 137 Å². The number of carbonyl (C=O) groups excluding carboxylic acids is 2. The summed E-state index contributed by atoms with van der Waals surface area (Å²) in [6, 6.07) is 7.59. The highest BCUT2D eigenvalue weighted by molar-refractivity contribution is 7.14. The van der Waals surface area contributed by atoms with Gasteiger partial charge in [0.25, 0.3) is 5.91 Å². The summed E-state index contributed by atoms with van der Waals surface area (Å²) in [5.41, 5.74) is 1.80. The lowest BCUT2D eigenvalue weighted by Gasteiger charge is -2.32. The molecule has 0 radical (unpaired) electrons. The molecule has 23 heavy (non-hydrogen) atoms. The second-order valence-corrected chi connectivity index (χ2v) is 6.81. The predicted octanol–water partition coefficient (Wildman–Crippen LogP) is 2.82. The minimum absolute atomic E-state index is 0.128. The zero-order valence-electron chi connectivity index (χ0n) is 12.9. The van der Waals surface area contributed by atoms with Crippen LogP contribution in [-0.4, -0.2) is 35.8 Å². The van der Waals surface area contributed by atoms with Crippen LogP contribution in [0, 0.1) is 12.7 Å². The average molecular weight is 332 g/mol. The molecule has 2 aromatic rings. The van der Waals surface area contributed by atoms with E-state index in [-0.39, 0.29) is 17.6 Å². The largest absolute Gasteiger partial charge is 0.353 e. The molecule has 1 fully saturated rings. The molecule has 2 heterocycles. The highest BCUT2D eigenvalue weighted by Gasteiger charge is 2.30. The Kier molecular flexibility index (Phi) is 4.17. The summed E-state index contributed by atoms with van der Waals surface area (Å²) in [5, 5.41) is 2.75. The lowest BCUT2D eigenvalue weighted by atomic mass is 10.1. The summed E-state index contributed by atoms with van der Waals surface area (Å²) in [5.74, 6) is -0.545. The van der Waals surface area contributed by atoms with Gasteiger partial charge in [0.2, 0.25) is 5.91 Å². The topological polar surface area (TPSA) is 49.4 Å². The van der Waals surface area contributed by atoms with E-state index in [1.807, 2.05) is 13.0 Å². The molecule has 0 spiro atoms. The van der Waals surface area contributed by atoms with Crippen LogP contribution in [0.5, 0.6) is 0 Å². The van der Waals surface area contributed by atoms with Crippen LogP contribution in [0.2, 0.25) is 0 Å². The molecule has 0 bridgehead atoms. The van der Waals surface area contributed by atoms with Crippen LogP contribution in [0.3, 0.4) is 0 Å². The van der Waals surface area contributed by atoms with Gasteiger partial charge in [-0.2, -0.15) is 0 Å². The number of hydrogen-bond donors (Lipinski definition) is 1. The number of rotatable bonds is 2. The lowest BCUT2D eigenvalue weighted by Crippen LogP contribution is -2.55. The first-order valence-corrected chi connectivity index (χ1v) is 8.24. The number of benzene rings is 1. The maximum atomic E-state index is 13.1. The molecule has 1 saturated heterocycles. The van der Waals surface area contributed by atoms with Gasteiger partial charge in [-0.1, -0.05) is 12.1 Å². The van der Waals surface area contributed by atoms with E-state index >= 15 is 0 Å². The van der Waals surface area contributed by atoms with Crippen molar-refractivity contribution in [3.05, 3.63) is 45.9 Å².